The number of nitrogens with zero attached hydrogens (tertiary/aromatic N) is 2. The third-order valence-electron chi connectivity index (χ3n) is 15.6. The first-order valence-corrected chi connectivity index (χ1v) is 29.0. The number of nitrogens with one attached hydrogen (secondary N) is 3. The Hall–Kier alpha value is -6.53. The molecule has 22 nitrogen and oxygen atoms in total. The summed E-state index contributed by atoms with van der Waals surface area (Å²) in [5.74, 6) is -5.93. The minimum Gasteiger partial charge on any atom is -0.462 e. The van der Waals surface area contributed by atoms with Crippen molar-refractivity contribution in [3.05, 3.63) is 80.3 Å². The van der Waals surface area contributed by atoms with Gasteiger partial charge in [-0.2, -0.15) is 0 Å². The summed E-state index contributed by atoms with van der Waals surface area (Å²) in [5.41, 5.74) is 6.04. The van der Waals surface area contributed by atoms with Crippen molar-refractivity contribution in [1.82, 2.24) is 15.7 Å². The molecule has 0 unspecified atom stereocenters. The van der Waals surface area contributed by atoms with E-state index < -0.39 is 107 Å². The van der Waals surface area contributed by atoms with E-state index in [1.54, 1.807) is 59.0 Å². The van der Waals surface area contributed by atoms with Crippen LogP contribution in [0.15, 0.2) is 58.6 Å². The number of carbonyl (C=O) groups is 10. The average molecular weight is 1240 g/mol. The van der Waals surface area contributed by atoms with Crippen LogP contribution < -0.4 is 26.6 Å². The number of fused-ring (bicyclic) bond motifs is 5. The van der Waals surface area contributed by atoms with Crippen molar-refractivity contribution in [2.24, 2.45) is 23.5 Å². The lowest BCUT2D eigenvalue weighted by Crippen LogP contribution is -2.53. The lowest BCUT2D eigenvalue weighted by Gasteiger charge is -2.41. The van der Waals surface area contributed by atoms with Gasteiger partial charge in [0.05, 0.1) is 41.4 Å². The monoisotopic (exact) mass is 1240 g/mol. The molecule has 3 fully saturated rings. The summed E-state index contributed by atoms with van der Waals surface area (Å²) in [6.07, 6.45) is 0.935. The fourth-order valence-electron chi connectivity index (χ4n) is 10.7. The predicted octanol–water partition coefficient (Wildman–Crippen LogP) is 7.13. The van der Waals surface area contributed by atoms with Crippen LogP contribution in [0.4, 0.5) is 21.0 Å². The van der Waals surface area contributed by atoms with E-state index in [2.05, 4.69) is 31.9 Å². The number of halogens is 2. The summed E-state index contributed by atoms with van der Waals surface area (Å²) in [4.78, 5) is 136. The number of ether oxygens (including phenoxy) is 4. The van der Waals surface area contributed by atoms with Gasteiger partial charge in [0.1, 0.15) is 35.3 Å². The van der Waals surface area contributed by atoms with E-state index in [0.717, 1.165) is 16.7 Å². The minimum absolute atomic E-state index is 0.00279. The second kappa shape index (κ2) is 28.8. The maximum absolute atomic E-state index is 14.4. The molecule has 4 heterocycles. The number of methoxy groups -OCH3 is 1. The number of imide groups is 1. The maximum Gasteiger partial charge on any atom is 0.412 e. The Morgan fingerprint density at radius 2 is 1.69 bits per heavy atom. The maximum atomic E-state index is 14.4. The molecule has 0 spiro atoms. The van der Waals surface area contributed by atoms with Crippen molar-refractivity contribution < 1.29 is 76.8 Å². The molecule has 3 saturated heterocycles. The van der Waals surface area contributed by atoms with Crippen LogP contribution in [-0.4, -0.2) is 132 Å². The van der Waals surface area contributed by atoms with E-state index in [0.29, 0.717) is 32.2 Å². The van der Waals surface area contributed by atoms with Gasteiger partial charge in [-0.1, -0.05) is 68.3 Å². The fourth-order valence-corrected chi connectivity index (χ4v) is 11.5. The van der Waals surface area contributed by atoms with E-state index in [9.17, 15) is 53.1 Å². The van der Waals surface area contributed by atoms with E-state index in [1.165, 1.54) is 18.1 Å². The first-order chi connectivity index (χ1) is 39.1. The molecule has 4 aliphatic heterocycles. The Morgan fingerprint density at radius 1 is 0.988 bits per heavy atom. The number of carbonyl (C=O) groups excluding carboxylic acids is 10. The van der Waals surface area contributed by atoms with Crippen molar-refractivity contribution in [2.75, 3.05) is 30.9 Å². The number of ketones is 2. The van der Waals surface area contributed by atoms with E-state index in [1.807, 2.05) is 32.1 Å². The standard InChI is InChI=1S/C59H76BrClN6O16/c1-32(2)39(28-38(68)14-9-10-17-51(73)83-67-48(70)20-21-49(67)71)55(75)64-42(15-12-22-63-56(62)76)44(69)27-36-18-19-41(40(60)25-36)65-57(77)81-47-29-50(72)66(7)43-26-37(24-34(4)53(43)61)23-33(3)13-11-16-46(79-8)59(78)30-45(80-52(74)31-59)35(5)54-58(47,6)82-54/h11,13,16,18-19,24-26,32,35,39,42,45-47,54,78H,9-10,12,14-15,17,20-23,27-31H2,1-8H3,(H,64,75)(H,65,77)(H3,62,63,76)/b16-11+,33-13+/t35-,39+,42+,45+,46-,47+,54+,58+,59-/m1/s1. The molecule has 83 heavy (non-hydrogen) atoms. The molecule has 4 aliphatic rings. The summed E-state index contributed by atoms with van der Waals surface area (Å²) in [5, 5.41) is 20.9. The van der Waals surface area contributed by atoms with Gasteiger partial charge in [0.25, 0.3) is 11.8 Å². The van der Waals surface area contributed by atoms with Crippen LogP contribution >= 0.6 is 27.5 Å². The number of urea groups is 1. The van der Waals surface area contributed by atoms with Crippen LogP contribution in [0.2, 0.25) is 5.02 Å². The van der Waals surface area contributed by atoms with Crippen molar-refractivity contribution in [3.63, 3.8) is 0 Å². The number of Topliss-reactive ketones (excluding diaryl/α,β-unsaturated/α-hetero) is 2. The smallest absolute Gasteiger partial charge is 0.412 e. The van der Waals surface area contributed by atoms with Gasteiger partial charge in [-0.05, 0) is 110 Å². The lowest BCUT2D eigenvalue weighted by molar-refractivity contribution is -0.197. The van der Waals surface area contributed by atoms with Gasteiger partial charge in [-0.15, -0.1) is 5.06 Å². The Morgan fingerprint density at radius 3 is 2.35 bits per heavy atom. The molecule has 452 valence electrons. The Labute approximate surface area is 496 Å². The zero-order valence-electron chi connectivity index (χ0n) is 48.1. The number of anilines is 2. The molecule has 0 aromatic heterocycles. The molecular weight excluding hydrogens is 1160 g/mol. The van der Waals surface area contributed by atoms with E-state index in [-0.39, 0.29) is 107 Å². The molecule has 2 aromatic rings. The van der Waals surface area contributed by atoms with Crippen LogP contribution in [0.5, 0.6) is 0 Å². The number of unbranched alkanes of at least 4 members (excludes halogenated alkanes) is 1. The number of epoxide rings is 1. The number of amides is 7. The third-order valence-corrected chi connectivity index (χ3v) is 16.8. The molecule has 7 amide bonds. The second-order valence-electron chi connectivity index (χ2n) is 22.5. The number of hydrogen-bond acceptors (Lipinski definition) is 16. The molecule has 4 bridgehead atoms. The number of hydrogen-bond donors (Lipinski definition) is 5. The fraction of sp³-hybridized carbons (Fsp3) is 0.559. The number of benzene rings is 2. The van der Waals surface area contributed by atoms with Gasteiger partial charge in [-0.25, -0.2) is 14.4 Å². The number of rotatable bonds is 21. The van der Waals surface area contributed by atoms with Crippen molar-refractivity contribution in [3.8, 4) is 0 Å². The third kappa shape index (κ3) is 17.5. The highest BCUT2D eigenvalue weighted by Crippen LogP contribution is 2.50. The molecule has 0 aliphatic carbocycles. The molecule has 6 rings (SSSR count). The van der Waals surface area contributed by atoms with Crippen molar-refractivity contribution in [2.45, 2.75) is 173 Å². The van der Waals surface area contributed by atoms with Gasteiger partial charge >= 0.3 is 24.1 Å². The molecule has 9 atom stereocenters. The number of primary amides is 1. The highest BCUT2D eigenvalue weighted by Gasteiger charge is 2.64. The largest absolute Gasteiger partial charge is 0.462 e. The molecule has 2 aromatic carbocycles. The van der Waals surface area contributed by atoms with Crippen LogP contribution in [0.25, 0.3) is 0 Å². The van der Waals surface area contributed by atoms with Crippen LogP contribution in [-0.2, 0) is 75.0 Å². The van der Waals surface area contributed by atoms with Gasteiger partial charge < -0.3 is 50.2 Å². The Balaban J connectivity index is 1.14. The highest BCUT2D eigenvalue weighted by atomic mass is 79.9. The average Bonchev–Trinajstić information content (AvgIpc) is 1.92. The Kier molecular flexibility index (Phi) is 22.8. The van der Waals surface area contributed by atoms with E-state index >= 15 is 0 Å². The van der Waals surface area contributed by atoms with Crippen LogP contribution in [0.3, 0.4) is 0 Å². The summed E-state index contributed by atoms with van der Waals surface area (Å²) >= 11 is 10.4. The zero-order valence-corrected chi connectivity index (χ0v) is 50.5. The first-order valence-electron chi connectivity index (χ1n) is 27.9. The van der Waals surface area contributed by atoms with Crippen LogP contribution in [0.1, 0.15) is 128 Å². The van der Waals surface area contributed by atoms with Crippen LogP contribution in [0, 0.1) is 24.7 Å². The first kappa shape index (κ1) is 65.6. The lowest BCUT2D eigenvalue weighted by atomic mass is 9.78. The van der Waals surface area contributed by atoms with E-state index in [4.69, 9.17) is 41.1 Å². The number of aryl methyl sites for hydroxylation is 1. The number of allylic oxidation sites excluding steroid dienone is 3. The normalized spacial score (nSPS) is 25.5. The van der Waals surface area contributed by atoms with Crippen molar-refractivity contribution >= 4 is 98.2 Å². The zero-order chi connectivity index (χ0) is 61.1. The molecule has 24 heteroatoms. The number of nitrogens with two attached hydrogens (primary N) is 1. The quantitative estimate of drug-likeness (QED) is 0.0359. The van der Waals surface area contributed by atoms with Gasteiger partial charge in [-0.3, -0.25) is 38.9 Å². The number of hydroxylamine groups is 2. The minimum atomic E-state index is -1.64. The SMILES string of the molecule is CO[C@@H]1/C=C/C=C(\C)Cc2cc(C)c(Cl)c(c2)N(C)C(=O)C[C@H](OC(=O)Nc2ccc(CC(=O)[C@H](CCCNC(N)=O)NC(=O)[C@@H](CC(=O)CCCCC(=O)ON3C(=O)CCC3=O)C(C)C)cc2Br)[C@]2(C)O[C@H]2[C@H](C)[C@@H]2C[C@@]1(O)CC(=O)O2. The summed E-state index contributed by atoms with van der Waals surface area (Å²) in [6, 6.07) is 6.69. The molecule has 0 saturated carbocycles. The topological polar surface area (TPSA) is 309 Å². The predicted molar refractivity (Wildman–Crippen MR) is 307 cm³/mol. The highest BCUT2D eigenvalue weighted by molar-refractivity contribution is 9.10. The molecule has 6 N–H and O–H groups in total. The molecule has 0 radical (unpaired) electrons. The number of esters is 1. The molecular formula is C59H76BrClN6O16. The van der Waals surface area contributed by atoms with Gasteiger partial charge in [0, 0.05) is 82.0 Å². The number of aliphatic hydroxyl groups is 1. The summed E-state index contributed by atoms with van der Waals surface area (Å²) in [6.45, 7) is 10.9. The van der Waals surface area contributed by atoms with Crippen molar-refractivity contribution in [1.29, 1.82) is 0 Å². The van der Waals surface area contributed by atoms with Gasteiger partial charge in [0.15, 0.2) is 5.78 Å². The summed E-state index contributed by atoms with van der Waals surface area (Å²) < 4.78 is 24.4. The Bertz CT molecular complexity index is 2880. The van der Waals surface area contributed by atoms with Gasteiger partial charge in [0.2, 0.25) is 11.8 Å². The summed E-state index contributed by atoms with van der Waals surface area (Å²) in [7, 11) is 3.03. The second-order valence-corrected chi connectivity index (χ2v) is 23.8.